The van der Waals surface area contributed by atoms with Gasteiger partial charge in [-0.3, -0.25) is 20.4 Å². The second-order valence-electron chi connectivity index (χ2n) is 10.8. The van der Waals surface area contributed by atoms with E-state index in [4.69, 9.17) is 4.98 Å². The Hall–Kier alpha value is -2.02. The van der Waals surface area contributed by atoms with E-state index in [-0.39, 0.29) is 17.2 Å². The molecule has 7 heteroatoms. The van der Waals surface area contributed by atoms with Crippen LogP contribution in [0.1, 0.15) is 90.5 Å². The number of carbonyl (C=O) groups excluding carboxylic acids is 2. The highest BCUT2D eigenvalue weighted by Crippen LogP contribution is 2.61. The summed E-state index contributed by atoms with van der Waals surface area (Å²) in [5.41, 5.74) is 7.39. The normalized spacial score (nSPS) is 31.2. The SMILES string of the molecule is Cc1nc(C2CC2)nc2sc(C(=O)NNC(=O)CC34CC5CC(CC(C5)C3)C4)c(C)c12. The maximum absolute atomic E-state index is 12.9. The molecule has 0 atom stereocenters. The summed E-state index contributed by atoms with van der Waals surface area (Å²) in [6.07, 6.45) is 10.5. The van der Waals surface area contributed by atoms with Gasteiger partial charge in [-0.1, -0.05) is 0 Å². The third kappa shape index (κ3) is 3.45. The molecule has 2 N–H and O–H groups in total. The maximum atomic E-state index is 12.9. The molecule has 31 heavy (non-hydrogen) atoms. The van der Waals surface area contributed by atoms with Gasteiger partial charge in [0, 0.05) is 17.7 Å². The summed E-state index contributed by atoms with van der Waals surface area (Å²) in [5, 5.41) is 0.972. The van der Waals surface area contributed by atoms with E-state index in [1.807, 2.05) is 13.8 Å². The number of hydrogen-bond acceptors (Lipinski definition) is 5. The highest BCUT2D eigenvalue weighted by atomic mass is 32.1. The number of carbonyl (C=O) groups is 2. The van der Waals surface area contributed by atoms with Gasteiger partial charge in [-0.25, -0.2) is 9.97 Å². The number of aryl methyl sites for hydroxylation is 2. The summed E-state index contributed by atoms with van der Waals surface area (Å²) >= 11 is 1.40. The highest BCUT2D eigenvalue weighted by molar-refractivity contribution is 7.20. The van der Waals surface area contributed by atoms with Crippen molar-refractivity contribution in [2.75, 3.05) is 0 Å². The van der Waals surface area contributed by atoms with Gasteiger partial charge in [0.25, 0.3) is 5.91 Å². The van der Waals surface area contributed by atoms with Crippen LogP contribution in [0.2, 0.25) is 0 Å². The summed E-state index contributed by atoms with van der Waals surface area (Å²) in [7, 11) is 0. The Morgan fingerprint density at radius 3 is 2.26 bits per heavy atom. The van der Waals surface area contributed by atoms with Crippen LogP contribution in [0.15, 0.2) is 0 Å². The molecule has 0 radical (unpaired) electrons. The van der Waals surface area contributed by atoms with Crippen molar-refractivity contribution < 1.29 is 9.59 Å². The number of nitrogens with one attached hydrogen (secondary N) is 2. The molecule has 6 nitrogen and oxygen atoms in total. The minimum atomic E-state index is -0.258. The van der Waals surface area contributed by atoms with Crippen molar-refractivity contribution in [2.24, 2.45) is 23.2 Å². The lowest BCUT2D eigenvalue weighted by molar-refractivity contribution is -0.130. The standard InChI is InChI=1S/C24H30N4O2S/c1-12-19-13(2)25-21(17-3-4-17)26-23(19)31-20(12)22(30)28-27-18(29)11-24-8-14-5-15(9-24)7-16(6-14)10-24/h14-17H,3-11H2,1-2H3,(H,27,29)(H,28,30). The van der Waals surface area contributed by atoms with Crippen LogP contribution in [0.25, 0.3) is 10.2 Å². The van der Waals surface area contributed by atoms with E-state index in [9.17, 15) is 9.59 Å². The van der Waals surface area contributed by atoms with Gasteiger partial charge >= 0.3 is 0 Å². The smallest absolute Gasteiger partial charge is 0.273 e. The number of nitrogens with zero attached hydrogens (tertiary/aromatic N) is 2. The molecule has 2 aromatic heterocycles. The van der Waals surface area contributed by atoms with Gasteiger partial charge in [0.1, 0.15) is 10.7 Å². The van der Waals surface area contributed by atoms with E-state index in [1.165, 1.54) is 49.9 Å². The van der Waals surface area contributed by atoms with Gasteiger partial charge in [-0.05, 0) is 93.9 Å². The van der Waals surface area contributed by atoms with Crippen molar-refractivity contribution in [1.29, 1.82) is 0 Å². The first kappa shape index (κ1) is 19.6. The van der Waals surface area contributed by atoms with Gasteiger partial charge < -0.3 is 0 Å². The lowest BCUT2D eigenvalue weighted by Crippen LogP contribution is -2.50. The van der Waals surface area contributed by atoms with Crippen LogP contribution in [0.4, 0.5) is 0 Å². The maximum Gasteiger partial charge on any atom is 0.280 e. The van der Waals surface area contributed by atoms with Gasteiger partial charge in [0.15, 0.2) is 0 Å². The average molecular weight is 439 g/mol. The van der Waals surface area contributed by atoms with Gasteiger partial charge in [-0.15, -0.1) is 11.3 Å². The van der Waals surface area contributed by atoms with E-state index < -0.39 is 0 Å². The van der Waals surface area contributed by atoms with Crippen LogP contribution in [-0.4, -0.2) is 21.8 Å². The van der Waals surface area contributed by atoms with Crippen molar-refractivity contribution in [3.63, 3.8) is 0 Å². The van der Waals surface area contributed by atoms with Gasteiger partial charge in [-0.2, -0.15) is 0 Å². The third-order valence-corrected chi connectivity index (χ3v) is 9.34. The number of aromatic nitrogens is 2. The fraction of sp³-hybridized carbons (Fsp3) is 0.667. The number of hydrazine groups is 1. The predicted molar refractivity (Wildman–Crippen MR) is 120 cm³/mol. The molecule has 164 valence electrons. The summed E-state index contributed by atoms with van der Waals surface area (Å²) < 4.78 is 0. The molecule has 2 amide bonds. The minimum Gasteiger partial charge on any atom is -0.273 e. The molecule has 0 aromatic carbocycles. The van der Waals surface area contributed by atoms with E-state index >= 15 is 0 Å². The van der Waals surface area contributed by atoms with E-state index in [0.29, 0.717) is 17.2 Å². The van der Waals surface area contributed by atoms with E-state index in [1.54, 1.807) is 0 Å². The molecule has 5 fully saturated rings. The molecule has 0 unspecified atom stereocenters. The number of thiophene rings is 1. The van der Waals surface area contributed by atoms with Crippen molar-refractivity contribution in [3.05, 3.63) is 22.0 Å². The number of amides is 2. The molecule has 5 saturated carbocycles. The quantitative estimate of drug-likeness (QED) is 0.686. The van der Waals surface area contributed by atoms with Crippen molar-refractivity contribution in [1.82, 2.24) is 20.8 Å². The Kier molecular flexibility index (Phi) is 4.43. The minimum absolute atomic E-state index is 0.0546. The van der Waals surface area contributed by atoms with Crippen molar-refractivity contribution in [2.45, 2.75) is 77.6 Å². The van der Waals surface area contributed by atoms with Crippen LogP contribution >= 0.6 is 11.3 Å². The van der Waals surface area contributed by atoms with Crippen LogP contribution < -0.4 is 10.9 Å². The molecular weight excluding hydrogens is 408 g/mol. The average Bonchev–Trinajstić information content (AvgIpc) is 3.48. The largest absolute Gasteiger partial charge is 0.280 e. The second kappa shape index (κ2) is 6.99. The Bertz CT molecular complexity index is 1050. The second-order valence-corrected chi connectivity index (χ2v) is 11.8. The van der Waals surface area contributed by atoms with Gasteiger partial charge in [0.2, 0.25) is 5.91 Å². The first-order valence-corrected chi connectivity index (χ1v) is 12.6. The Labute approximate surface area is 186 Å². The highest BCUT2D eigenvalue weighted by Gasteiger charge is 2.51. The topological polar surface area (TPSA) is 84.0 Å². The lowest BCUT2D eigenvalue weighted by atomic mass is 9.49. The lowest BCUT2D eigenvalue weighted by Gasteiger charge is -2.56. The predicted octanol–water partition coefficient (Wildman–Crippen LogP) is 4.55. The molecule has 0 saturated heterocycles. The summed E-state index contributed by atoms with van der Waals surface area (Å²) in [4.78, 5) is 36.5. The first-order chi connectivity index (χ1) is 14.9. The van der Waals surface area contributed by atoms with E-state index in [0.717, 1.165) is 57.9 Å². The zero-order valence-corrected chi connectivity index (χ0v) is 19.1. The number of fused-ring (bicyclic) bond motifs is 1. The van der Waals surface area contributed by atoms with Crippen LogP contribution in [-0.2, 0) is 4.79 Å². The molecule has 0 spiro atoms. The van der Waals surface area contributed by atoms with Crippen LogP contribution in [0.3, 0.4) is 0 Å². The van der Waals surface area contributed by atoms with Crippen LogP contribution in [0.5, 0.6) is 0 Å². The molecule has 4 bridgehead atoms. The summed E-state index contributed by atoms with van der Waals surface area (Å²) in [6.45, 7) is 3.93. The Balaban J connectivity index is 1.14. The van der Waals surface area contributed by atoms with E-state index in [2.05, 4.69) is 15.8 Å². The molecule has 5 aliphatic carbocycles. The molecular formula is C24H30N4O2S. The summed E-state index contributed by atoms with van der Waals surface area (Å²) in [5.74, 6) is 3.53. The number of hydrogen-bond donors (Lipinski definition) is 2. The molecule has 2 aromatic rings. The Morgan fingerprint density at radius 1 is 1.00 bits per heavy atom. The summed E-state index contributed by atoms with van der Waals surface area (Å²) in [6, 6.07) is 0. The molecule has 0 aliphatic heterocycles. The fourth-order valence-electron chi connectivity index (χ4n) is 7.18. The molecule has 2 heterocycles. The zero-order valence-electron chi connectivity index (χ0n) is 18.3. The zero-order chi connectivity index (χ0) is 21.3. The molecule has 7 rings (SSSR count). The molecule has 5 aliphatic rings. The van der Waals surface area contributed by atoms with Crippen molar-refractivity contribution in [3.8, 4) is 0 Å². The first-order valence-electron chi connectivity index (χ1n) is 11.8. The van der Waals surface area contributed by atoms with Crippen molar-refractivity contribution >= 4 is 33.4 Å². The third-order valence-electron chi connectivity index (χ3n) is 8.15. The number of rotatable bonds is 4. The Morgan fingerprint density at radius 2 is 1.65 bits per heavy atom. The van der Waals surface area contributed by atoms with Crippen LogP contribution in [0, 0.1) is 37.0 Å². The monoisotopic (exact) mass is 438 g/mol. The fourth-order valence-corrected chi connectivity index (χ4v) is 8.31. The van der Waals surface area contributed by atoms with Gasteiger partial charge in [0.05, 0.1) is 10.6 Å².